The summed E-state index contributed by atoms with van der Waals surface area (Å²) in [5.41, 5.74) is 1.72. The number of pyridine rings is 1. The standard InChI is InChI=1S/C25H25FN4O3S/c1-29-10-8-20(28-29)15-6-7-16(19(26)12-15)13-30-14-18(23-17(25(30)33)9-11-34-23)24(32)27-21-4-2-3-5-22(21)31/h6-12,14,21-22,31H,2-5,13H2,1H3,(H,27,32)/t21-,22-/m0/s1. The van der Waals surface area contributed by atoms with Gasteiger partial charge in [-0.2, -0.15) is 5.10 Å². The fraction of sp³-hybridized carbons (Fsp3) is 0.320. The predicted molar refractivity (Wildman–Crippen MR) is 130 cm³/mol. The minimum atomic E-state index is -0.575. The number of aliphatic hydroxyl groups is 1. The van der Waals surface area contributed by atoms with Crippen molar-refractivity contribution in [3.8, 4) is 11.3 Å². The summed E-state index contributed by atoms with van der Waals surface area (Å²) in [5.74, 6) is -0.782. The van der Waals surface area contributed by atoms with Crippen molar-refractivity contribution in [2.45, 2.75) is 44.4 Å². The average molecular weight is 481 g/mol. The van der Waals surface area contributed by atoms with E-state index in [1.165, 1.54) is 28.2 Å². The number of hydrogen-bond donors (Lipinski definition) is 2. The molecule has 34 heavy (non-hydrogen) atoms. The van der Waals surface area contributed by atoms with Crippen molar-refractivity contribution in [1.29, 1.82) is 0 Å². The molecule has 1 aliphatic rings. The molecule has 1 amide bonds. The molecular formula is C25H25FN4O3S. The quantitative estimate of drug-likeness (QED) is 0.456. The molecule has 5 rings (SSSR count). The Hall–Kier alpha value is -3.30. The van der Waals surface area contributed by atoms with Gasteiger partial charge >= 0.3 is 0 Å². The number of aryl methyl sites for hydroxylation is 1. The van der Waals surface area contributed by atoms with Crippen LogP contribution >= 0.6 is 11.3 Å². The summed E-state index contributed by atoms with van der Waals surface area (Å²) in [6.07, 6.45) is 5.98. The van der Waals surface area contributed by atoms with E-state index >= 15 is 0 Å². The number of carbonyl (C=O) groups is 1. The molecule has 9 heteroatoms. The monoisotopic (exact) mass is 480 g/mol. The molecule has 176 valence electrons. The van der Waals surface area contributed by atoms with Gasteiger partial charge < -0.3 is 15.0 Å². The largest absolute Gasteiger partial charge is 0.391 e. The first-order valence-electron chi connectivity index (χ1n) is 11.3. The summed E-state index contributed by atoms with van der Waals surface area (Å²) in [7, 11) is 1.80. The molecule has 3 aromatic heterocycles. The van der Waals surface area contributed by atoms with Gasteiger partial charge in [-0.1, -0.05) is 25.0 Å². The Labute approximate surface area is 199 Å². The number of thiophene rings is 1. The van der Waals surface area contributed by atoms with Gasteiger partial charge in [0.2, 0.25) is 0 Å². The highest BCUT2D eigenvalue weighted by Gasteiger charge is 2.26. The van der Waals surface area contributed by atoms with E-state index in [-0.39, 0.29) is 24.1 Å². The van der Waals surface area contributed by atoms with Gasteiger partial charge in [0, 0.05) is 30.6 Å². The molecule has 3 heterocycles. The number of hydrogen-bond acceptors (Lipinski definition) is 5. The number of fused-ring (bicyclic) bond motifs is 1. The molecule has 4 aromatic rings. The third-order valence-electron chi connectivity index (χ3n) is 6.38. The molecule has 1 aromatic carbocycles. The molecule has 0 unspecified atom stereocenters. The van der Waals surface area contributed by atoms with Crippen LogP contribution < -0.4 is 10.9 Å². The SMILES string of the molecule is Cn1ccc(-c2ccc(Cn3cc(C(=O)N[C@H]4CCCC[C@@H]4O)c4sccc4c3=O)c(F)c2)n1. The fourth-order valence-electron chi connectivity index (χ4n) is 4.51. The Morgan fingerprint density at radius 1 is 1.26 bits per heavy atom. The highest BCUT2D eigenvalue weighted by Crippen LogP contribution is 2.25. The lowest BCUT2D eigenvalue weighted by Gasteiger charge is -2.28. The zero-order valence-electron chi connectivity index (χ0n) is 18.7. The van der Waals surface area contributed by atoms with Crippen LogP contribution in [-0.2, 0) is 13.6 Å². The number of halogens is 1. The van der Waals surface area contributed by atoms with Gasteiger partial charge in [0.1, 0.15) is 5.82 Å². The molecule has 2 atom stereocenters. The molecular weight excluding hydrogens is 455 g/mol. The van der Waals surface area contributed by atoms with E-state index in [1.807, 2.05) is 0 Å². The Balaban J connectivity index is 1.46. The topological polar surface area (TPSA) is 89.1 Å². The van der Waals surface area contributed by atoms with Crippen molar-refractivity contribution < 1.29 is 14.3 Å². The van der Waals surface area contributed by atoms with E-state index in [2.05, 4.69) is 10.4 Å². The maximum Gasteiger partial charge on any atom is 0.259 e. The summed E-state index contributed by atoms with van der Waals surface area (Å²) in [5, 5.41) is 19.7. The Morgan fingerprint density at radius 2 is 2.09 bits per heavy atom. The second kappa shape index (κ2) is 9.15. The van der Waals surface area contributed by atoms with Crippen LogP contribution in [0.2, 0.25) is 0 Å². The van der Waals surface area contributed by atoms with Crippen LogP contribution in [-0.4, -0.2) is 37.5 Å². The van der Waals surface area contributed by atoms with Crippen molar-refractivity contribution in [3.05, 3.63) is 75.4 Å². The normalized spacial score (nSPS) is 18.3. The number of rotatable bonds is 5. The predicted octanol–water partition coefficient (Wildman–Crippen LogP) is 3.68. The number of carbonyl (C=O) groups excluding carboxylic acids is 1. The Bertz CT molecular complexity index is 1420. The molecule has 1 aliphatic carbocycles. The fourth-order valence-corrected chi connectivity index (χ4v) is 5.40. The molecule has 0 aliphatic heterocycles. The van der Waals surface area contributed by atoms with Crippen LogP contribution in [0.5, 0.6) is 0 Å². The minimum Gasteiger partial charge on any atom is -0.391 e. The van der Waals surface area contributed by atoms with Crippen LogP contribution in [0.1, 0.15) is 41.6 Å². The zero-order chi connectivity index (χ0) is 23.8. The van der Waals surface area contributed by atoms with Gasteiger partial charge in [-0.15, -0.1) is 11.3 Å². The van der Waals surface area contributed by atoms with Crippen molar-refractivity contribution in [1.82, 2.24) is 19.7 Å². The van der Waals surface area contributed by atoms with E-state index in [4.69, 9.17) is 0 Å². The number of amides is 1. The Morgan fingerprint density at radius 3 is 2.82 bits per heavy atom. The molecule has 1 fully saturated rings. The summed E-state index contributed by atoms with van der Waals surface area (Å²) in [6.45, 7) is -0.00865. The molecule has 0 spiro atoms. The lowest BCUT2D eigenvalue weighted by atomic mass is 9.92. The van der Waals surface area contributed by atoms with Gasteiger partial charge in [-0.3, -0.25) is 14.3 Å². The van der Waals surface area contributed by atoms with Gasteiger partial charge in [0.25, 0.3) is 11.5 Å². The number of aliphatic hydroxyl groups excluding tert-OH is 1. The first kappa shape index (κ1) is 22.5. The van der Waals surface area contributed by atoms with Crippen LogP contribution in [0.25, 0.3) is 21.3 Å². The highest BCUT2D eigenvalue weighted by molar-refractivity contribution is 7.17. The lowest BCUT2D eigenvalue weighted by molar-refractivity contribution is 0.0718. The summed E-state index contributed by atoms with van der Waals surface area (Å²) < 4.78 is 18.6. The molecule has 0 saturated heterocycles. The summed E-state index contributed by atoms with van der Waals surface area (Å²) in [4.78, 5) is 26.2. The number of nitrogens with zero attached hydrogens (tertiary/aromatic N) is 3. The third kappa shape index (κ3) is 4.28. The highest BCUT2D eigenvalue weighted by atomic mass is 32.1. The van der Waals surface area contributed by atoms with Gasteiger partial charge in [-0.05, 0) is 36.4 Å². The van der Waals surface area contributed by atoms with Gasteiger partial charge in [0.05, 0.1) is 40.0 Å². The summed E-state index contributed by atoms with van der Waals surface area (Å²) in [6, 6.07) is 8.00. The first-order chi connectivity index (χ1) is 16.4. The zero-order valence-corrected chi connectivity index (χ0v) is 19.5. The van der Waals surface area contributed by atoms with Crippen molar-refractivity contribution in [3.63, 3.8) is 0 Å². The second-order valence-corrected chi connectivity index (χ2v) is 9.67. The summed E-state index contributed by atoms with van der Waals surface area (Å²) >= 11 is 1.32. The minimum absolute atomic E-state index is 0.00865. The van der Waals surface area contributed by atoms with Crippen LogP contribution in [0, 0.1) is 5.82 Å². The smallest absolute Gasteiger partial charge is 0.259 e. The maximum atomic E-state index is 15.0. The lowest BCUT2D eigenvalue weighted by Crippen LogP contribution is -2.45. The van der Waals surface area contributed by atoms with E-state index in [0.717, 1.165) is 12.8 Å². The number of nitrogens with one attached hydrogen (secondary N) is 1. The average Bonchev–Trinajstić information content (AvgIpc) is 3.48. The molecule has 0 bridgehead atoms. The van der Waals surface area contributed by atoms with Crippen molar-refractivity contribution in [2.24, 2.45) is 7.05 Å². The maximum absolute atomic E-state index is 15.0. The van der Waals surface area contributed by atoms with Crippen LogP contribution in [0.15, 0.2) is 52.9 Å². The molecule has 0 radical (unpaired) electrons. The van der Waals surface area contributed by atoms with E-state index in [0.29, 0.717) is 45.3 Å². The van der Waals surface area contributed by atoms with E-state index in [1.54, 1.807) is 47.6 Å². The van der Waals surface area contributed by atoms with Gasteiger partial charge in [0.15, 0.2) is 0 Å². The van der Waals surface area contributed by atoms with E-state index in [9.17, 15) is 19.1 Å². The Kier molecular flexibility index (Phi) is 6.05. The third-order valence-corrected chi connectivity index (χ3v) is 7.33. The van der Waals surface area contributed by atoms with Crippen LogP contribution in [0.4, 0.5) is 4.39 Å². The molecule has 2 N–H and O–H groups in total. The molecule has 1 saturated carbocycles. The van der Waals surface area contributed by atoms with E-state index < -0.39 is 11.9 Å². The number of benzene rings is 1. The van der Waals surface area contributed by atoms with Crippen molar-refractivity contribution >= 4 is 27.3 Å². The van der Waals surface area contributed by atoms with Gasteiger partial charge in [-0.25, -0.2) is 4.39 Å². The van der Waals surface area contributed by atoms with Crippen molar-refractivity contribution in [2.75, 3.05) is 0 Å². The van der Waals surface area contributed by atoms with Crippen LogP contribution in [0.3, 0.4) is 0 Å². The number of aromatic nitrogens is 3. The molecule has 7 nitrogen and oxygen atoms in total. The second-order valence-electron chi connectivity index (χ2n) is 8.75. The first-order valence-corrected chi connectivity index (χ1v) is 12.2.